The van der Waals surface area contributed by atoms with E-state index in [9.17, 15) is 4.79 Å². The van der Waals surface area contributed by atoms with Crippen LogP contribution in [0.5, 0.6) is 0 Å². The van der Waals surface area contributed by atoms with E-state index in [1.165, 1.54) is 0 Å². The number of carbonyl (C=O) groups is 1. The predicted molar refractivity (Wildman–Crippen MR) is 80.7 cm³/mol. The van der Waals surface area contributed by atoms with Gasteiger partial charge in [-0.15, -0.1) is 0 Å². The lowest BCUT2D eigenvalue weighted by Gasteiger charge is -2.20. The molecule has 19 heavy (non-hydrogen) atoms. The molecule has 106 valence electrons. The standard InChI is InChI=1S/C14H20Cl2N2O/c1-4-17-10(2)8-13(19)18(3)9-11-6-5-7-12(15)14(11)16/h5-7,10,17H,4,8-9H2,1-3H3. The number of rotatable bonds is 6. The summed E-state index contributed by atoms with van der Waals surface area (Å²) in [5.41, 5.74) is 0.862. The molecule has 0 saturated carbocycles. The highest BCUT2D eigenvalue weighted by molar-refractivity contribution is 6.42. The molecule has 1 rings (SSSR count). The van der Waals surface area contributed by atoms with Gasteiger partial charge in [0.1, 0.15) is 0 Å². The summed E-state index contributed by atoms with van der Waals surface area (Å²) in [6.45, 7) is 5.35. The monoisotopic (exact) mass is 302 g/mol. The Morgan fingerprint density at radius 3 is 2.74 bits per heavy atom. The molecule has 0 aliphatic carbocycles. The van der Waals surface area contributed by atoms with E-state index in [0.29, 0.717) is 23.0 Å². The van der Waals surface area contributed by atoms with Crippen LogP contribution in [0.25, 0.3) is 0 Å². The van der Waals surface area contributed by atoms with Gasteiger partial charge in [0.15, 0.2) is 0 Å². The molecule has 0 radical (unpaired) electrons. The molecule has 3 nitrogen and oxygen atoms in total. The van der Waals surface area contributed by atoms with Crippen LogP contribution in [0.4, 0.5) is 0 Å². The van der Waals surface area contributed by atoms with E-state index in [0.717, 1.165) is 12.1 Å². The molecule has 0 fully saturated rings. The second-order valence-corrected chi connectivity index (χ2v) is 5.41. The molecule has 0 aliphatic heterocycles. The fraction of sp³-hybridized carbons (Fsp3) is 0.500. The van der Waals surface area contributed by atoms with E-state index in [2.05, 4.69) is 5.32 Å². The molecule has 1 aromatic carbocycles. The Bertz CT molecular complexity index is 437. The first-order valence-electron chi connectivity index (χ1n) is 6.36. The third kappa shape index (κ3) is 5.01. The van der Waals surface area contributed by atoms with E-state index >= 15 is 0 Å². The summed E-state index contributed by atoms with van der Waals surface area (Å²) >= 11 is 12.1. The maximum atomic E-state index is 12.0. The number of carbonyl (C=O) groups excluding carboxylic acids is 1. The molecule has 1 amide bonds. The second-order valence-electron chi connectivity index (χ2n) is 4.63. The zero-order valence-electron chi connectivity index (χ0n) is 11.5. The number of nitrogens with zero attached hydrogens (tertiary/aromatic N) is 1. The van der Waals surface area contributed by atoms with Crippen LogP contribution in [0.15, 0.2) is 18.2 Å². The average molecular weight is 303 g/mol. The van der Waals surface area contributed by atoms with E-state index < -0.39 is 0 Å². The summed E-state index contributed by atoms with van der Waals surface area (Å²) in [7, 11) is 1.78. The lowest BCUT2D eigenvalue weighted by Crippen LogP contribution is -2.34. The molecule has 5 heteroatoms. The van der Waals surface area contributed by atoms with Crippen molar-refractivity contribution >= 4 is 29.1 Å². The predicted octanol–water partition coefficient (Wildman–Crippen LogP) is 3.34. The third-order valence-corrected chi connectivity index (χ3v) is 3.76. The van der Waals surface area contributed by atoms with Crippen molar-refractivity contribution in [3.05, 3.63) is 33.8 Å². The molecule has 0 aromatic heterocycles. The van der Waals surface area contributed by atoms with Crippen LogP contribution < -0.4 is 5.32 Å². The smallest absolute Gasteiger partial charge is 0.224 e. The van der Waals surface area contributed by atoms with Crippen molar-refractivity contribution in [3.63, 3.8) is 0 Å². The van der Waals surface area contributed by atoms with Crippen molar-refractivity contribution in [1.82, 2.24) is 10.2 Å². The van der Waals surface area contributed by atoms with Crippen LogP contribution >= 0.6 is 23.2 Å². The van der Waals surface area contributed by atoms with Crippen LogP contribution in [0.1, 0.15) is 25.8 Å². The van der Waals surface area contributed by atoms with Crippen molar-refractivity contribution in [2.75, 3.05) is 13.6 Å². The van der Waals surface area contributed by atoms with Gasteiger partial charge < -0.3 is 10.2 Å². The summed E-state index contributed by atoms with van der Waals surface area (Å²) in [5, 5.41) is 4.25. The minimum Gasteiger partial charge on any atom is -0.341 e. The van der Waals surface area contributed by atoms with Crippen LogP contribution in [0.2, 0.25) is 10.0 Å². The summed E-state index contributed by atoms with van der Waals surface area (Å²) in [6.07, 6.45) is 0.475. The molecule has 1 atom stereocenters. The number of halogens is 2. The van der Waals surface area contributed by atoms with Gasteiger partial charge in [-0.2, -0.15) is 0 Å². The normalized spacial score (nSPS) is 12.3. The fourth-order valence-corrected chi connectivity index (χ4v) is 2.23. The summed E-state index contributed by atoms with van der Waals surface area (Å²) in [5.74, 6) is 0.0875. The highest BCUT2D eigenvalue weighted by atomic mass is 35.5. The van der Waals surface area contributed by atoms with E-state index in [1.807, 2.05) is 26.0 Å². The lowest BCUT2D eigenvalue weighted by molar-refractivity contribution is -0.130. The molecule has 0 aliphatic rings. The number of hydrogen-bond donors (Lipinski definition) is 1. The molecule has 1 aromatic rings. The molecule has 0 spiro atoms. The topological polar surface area (TPSA) is 32.3 Å². The molecule has 0 saturated heterocycles. The largest absolute Gasteiger partial charge is 0.341 e. The van der Waals surface area contributed by atoms with Gasteiger partial charge in [-0.25, -0.2) is 0 Å². The SMILES string of the molecule is CCNC(C)CC(=O)N(C)Cc1cccc(Cl)c1Cl. The Kier molecular flexibility index (Phi) is 6.63. The highest BCUT2D eigenvalue weighted by Gasteiger charge is 2.14. The minimum absolute atomic E-state index is 0.0875. The van der Waals surface area contributed by atoms with E-state index in [4.69, 9.17) is 23.2 Å². The van der Waals surface area contributed by atoms with Gasteiger partial charge >= 0.3 is 0 Å². The number of benzene rings is 1. The molecular weight excluding hydrogens is 283 g/mol. The number of hydrogen-bond acceptors (Lipinski definition) is 2. The third-order valence-electron chi connectivity index (χ3n) is 2.90. The molecule has 1 unspecified atom stereocenters. The minimum atomic E-state index is 0.0875. The van der Waals surface area contributed by atoms with Gasteiger partial charge in [0.05, 0.1) is 10.0 Å². The Labute approximate surface area is 124 Å². The lowest BCUT2D eigenvalue weighted by atomic mass is 10.2. The van der Waals surface area contributed by atoms with Gasteiger partial charge in [-0.1, -0.05) is 42.3 Å². The summed E-state index contributed by atoms with van der Waals surface area (Å²) in [4.78, 5) is 13.7. The van der Waals surface area contributed by atoms with Gasteiger partial charge in [0.25, 0.3) is 0 Å². The molecular formula is C14H20Cl2N2O. The Morgan fingerprint density at radius 2 is 2.11 bits per heavy atom. The summed E-state index contributed by atoms with van der Waals surface area (Å²) in [6, 6.07) is 5.63. The Morgan fingerprint density at radius 1 is 1.42 bits per heavy atom. The van der Waals surface area contributed by atoms with Gasteiger partial charge in [-0.3, -0.25) is 4.79 Å². The average Bonchev–Trinajstić information content (AvgIpc) is 2.35. The Hall–Kier alpha value is -0.770. The second kappa shape index (κ2) is 7.73. The van der Waals surface area contributed by atoms with Gasteiger partial charge in [0, 0.05) is 26.1 Å². The van der Waals surface area contributed by atoms with Crippen molar-refractivity contribution in [2.45, 2.75) is 32.9 Å². The van der Waals surface area contributed by atoms with Crippen molar-refractivity contribution in [1.29, 1.82) is 0 Å². The Balaban J connectivity index is 2.61. The van der Waals surface area contributed by atoms with Crippen LogP contribution in [-0.4, -0.2) is 30.4 Å². The van der Waals surface area contributed by atoms with Crippen molar-refractivity contribution < 1.29 is 4.79 Å². The van der Waals surface area contributed by atoms with E-state index in [1.54, 1.807) is 18.0 Å². The maximum Gasteiger partial charge on any atom is 0.224 e. The molecule has 0 heterocycles. The quantitative estimate of drug-likeness (QED) is 0.874. The molecule has 0 bridgehead atoms. The van der Waals surface area contributed by atoms with Crippen molar-refractivity contribution in [2.24, 2.45) is 0 Å². The maximum absolute atomic E-state index is 12.0. The van der Waals surface area contributed by atoms with Crippen molar-refractivity contribution in [3.8, 4) is 0 Å². The molecule has 1 N–H and O–H groups in total. The highest BCUT2D eigenvalue weighted by Crippen LogP contribution is 2.26. The number of amides is 1. The first-order valence-corrected chi connectivity index (χ1v) is 7.11. The first kappa shape index (κ1) is 16.3. The summed E-state index contributed by atoms with van der Waals surface area (Å²) < 4.78 is 0. The zero-order valence-corrected chi connectivity index (χ0v) is 13.1. The van der Waals surface area contributed by atoms with Gasteiger partial charge in [0.2, 0.25) is 5.91 Å². The van der Waals surface area contributed by atoms with Gasteiger partial charge in [-0.05, 0) is 25.1 Å². The van der Waals surface area contributed by atoms with E-state index in [-0.39, 0.29) is 11.9 Å². The fourth-order valence-electron chi connectivity index (χ4n) is 1.85. The first-order chi connectivity index (χ1) is 8.95. The van der Waals surface area contributed by atoms with Crippen LogP contribution in [0.3, 0.4) is 0 Å². The van der Waals surface area contributed by atoms with Crippen LogP contribution in [-0.2, 0) is 11.3 Å². The zero-order chi connectivity index (χ0) is 14.4. The number of nitrogens with one attached hydrogen (secondary N) is 1. The van der Waals surface area contributed by atoms with Crippen LogP contribution in [0, 0.1) is 0 Å².